The third-order valence-corrected chi connectivity index (χ3v) is 3.10. The summed E-state index contributed by atoms with van der Waals surface area (Å²) in [7, 11) is 0. The van der Waals surface area contributed by atoms with Crippen molar-refractivity contribution in [1.29, 1.82) is 0 Å². The van der Waals surface area contributed by atoms with E-state index in [-0.39, 0.29) is 0 Å². The van der Waals surface area contributed by atoms with Crippen molar-refractivity contribution in [2.24, 2.45) is 5.92 Å². The molecule has 1 rings (SSSR count). The number of benzene rings is 1. The summed E-state index contributed by atoms with van der Waals surface area (Å²) in [5, 5.41) is 11.8. The van der Waals surface area contributed by atoms with Crippen LogP contribution in [0.4, 0.5) is 5.69 Å². The van der Waals surface area contributed by atoms with Crippen molar-refractivity contribution in [3.8, 4) is 0 Å². The van der Waals surface area contributed by atoms with E-state index in [2.05, 4.69) is 37.2 Å². The van der Waals surface area contributed by atoms with E-state index in [1.54, 1.807) is 6.92 Å². The largest absolute Gasteiger partial charge is 0.481 e. The van der Waals surface area contributed by atoms with Crippen LogP contribution in [0.25, 0.3) is 0 Å². The molecule has 0 fully saturated rings. The average Bonchev–Trinajstić information content (AvgIpc) is 2.15. The molecule has 1 aromatic rings. The Labute approximate surface area is 105 Å². The maximum absolute atomic E-state index is 10.6. The fourth-order valence-corrected chi connectivity index (χ4v) is 2.17. The summed E-state index contributed by atoms with van der Waals surface area (Å²) in [5.74, 6) is -1.20. The van der Waals surface area contributed by atoms with Crippen molar-refractivity contribution in [1.82, 2.24) is 0 Å². The zero-order chi connectivity index (χ0) is 11.4. The Morgan fingerprint density at radius 2 is 2.20 bits per heavy atom. The topological polar surface area (TPSA) is 49.3 Å². The lowest BCUT2D eigenvalue weighted by atomic mass is 10.2. The highest BCUT2D eigenvalue weighted by Gasteiger charge is 2.10. The number of halogens is 2. The van der Waals surface area contributed by atoms with E-state index in [0.29, 0.717) is 6.54 Å². The van der Waals surface area contributed by atoms with E-state index in [1.807, 2.05) is 18.2 Å². The first-order valence-electron chi connectivity index (χ1n) is 4.42. The van der Waals surface area contributed by atoms with Crippen molar-refractivity contribution in [2.75, 3.05) is 11.9 Å². The van der Waals surface area contributed by atoms with Crippen LogP contribution in [0.1, 0.15) is 6.92 Å². The van der Waals surface area contributed by atoms with Crippen LogP contribution in [0.3, 0.4) is 0 Å². The Hall–Kier alpha value is -0.550. The van der Waals surface area contributed by atoms with Crippen LogP contribution in [0.2, 0.25) is 0 Å². The predicted molar refractivity (Wildman–Crippen MR) is 67.1 cm³/mol. The molecule has 0 aliphatic rings. The van der Waals surface area contributed by atoms with Gasteiger partial charge in [0.25, 0.3) is 0 Å². The predicted octanol–water partition coefficient (Wildman–Crippen LogP) is 3.34. The normalized spacial score (nSPS) is 12.2. The van der Waals surface area contributed by atoms with Crippen molar-refractivity contribution in [3.63, 3.8) is 0 Å². The molecule has 0 aliphatic carbocycles. The number of hydrogen-bond acceptors (Lipinski definition) is 2. The van der Waals surface area contributed by atoms with Crippen LogP contribution >= 0.6 is 31.9 Å². The quantitative estimate of drug-likeness (QED) is 0.886. The molecule has 0 heterocycles. The van der Waals surface area contributed by atoms with E-state index < -0.39 is 11.9 Å². The Morgan fingerprint density at radius 1 is 1.53 bits per heavy atom. The minimum atomic E-state index is -0.796. The van der Waals surface area contributed by atoms with Gasteiger partial charge in [-0.25, -0.2) is 0 Å². The molecule has 82 valence electrons. The first-order chi connectivity index (χ1) is 7.00. The standard InChI is InChI=1S/C10H11Br2NO2/c1-6(10(14)15)5-13-9-3-2-7(11)4-8(9)12/h2-4,6,13H,5H2,1H3,(H,14,15). The molecule has 2 N–H and O–H groups in total. The van der Waals surface area contributed by atoms with Gasteiger partial charge in [-0.15, -0.1) is 0 Å². The molecule has 1 aromatic carbocycles. The van der Waals surface area contributed by atoms with Crippen molar-refractivity contribution < 1.29 is 9.90 Å². The second kappa shape index (κ2) is 5.51. The lowest BCUT2D eigenvalue weighted by Crippen LogP contribution is -2.19. The van der Waals surface area contributed by atoms with Gasteiger partial charge in [-0.3, -0.25) is 4.79 Å². The number of aliphatic carboxylic acids is 1. The maximum atomic E-state index is 10.6. The van der Waals surface area contributed by atoms with Gasteiger partial charge < -0.3 is 10.4 Å². The van der Waals surface area contributed by atoms with Gasteiger partial charge in [-0.05, 0) is 34.1 Å². The van der Waals surface area contributed by atoms with Gasteiger partial charge in [0.1, 0.15) is 0 Å². The van der Waals surface area contributed by atoms with Crippen LogP contribution < -0.4 is 5.32 Å². The average molecular weight is 337 g/mol. The molecule has 0 aliphatic heterocycles. The van der Waals surface area contributed by atoms with Crippen LogP contribution in [0, 0.1) is 5.92 Å². The van der Waals surface area contributed by atoms with E-state index in [9.17, 15) is 4.79 Å². The highest BCUT2D eigenvalue weighted by Crippen LogP contribution is 2.26. The highest BCUT2D eigenvalue weighted by molar-refractivity contribution is 9.11. The summed E-state index contributed by atoms with van der Waals surface area (Å²) in [6.45, 7) is 2.08. The van der Waals surface area contributed by atoms with Gasteiger partial charge in [0, 0.05) is 21.2 Å². The SMILES string of the molecule is CC(CNc1ccc(Br)cc1Br)C(=O)O. The third kappa shape index (κ3) is 3.83. The molecule has 3 nitrogen and oxygen atoms in total. The number of carboxylic acids is 1. The number of anilines is 1. The molecule has 0 aromatic heterocycles. The number of nitrogens with one attached hydrogen (secondary N) is 1. The Bertz CT molecular complexity index is 368. The second-order valence-electron chi connectivity index (χ2n) is 3.24. The lowest BCUT2D eigenvalue weighted by molar-refractivity contribution is -0.140. The summed E-state index contributed by atoms with van der Waals surface area (Å²) < 4.78 is 1.89. The molecule has 1 unspecified atom stereocenters. The van der Waals surface area contributed by atoms with Crippen LogP contribution in [-0.2, 0) is 4.79 Å². The number of rotatable bonds is 4. The fraction of sp³-hybridized carbons (Fsp3) is 0.300. The summed E-state index contributed by atoms with van der Waals surface area (Å²) >= 11 is 6.74. The van der Waals surface area contributed by atoms with Gasteiger partial charge in [-0.1, -0.05) is 22.9 Å². The van der Waals surface area contributed by atoms with Crippen LogP contribution in [-0.4, -0.2) is 17.6 Å². The highest BCUT2D eigenvalue weighted by atomic mass is 79.9. The minimum Gasteiger partial charge on any atom is -0.481 e. The fourth-order valence-electron chi connectivity index (χ4n) is 0.983. The molecular formula is C10H11Br2NO2. The van der Waals surface area contributed by atoms with Gasteiger partial charge in [0.15, 0.2) is 0 Å². The van der Waals surface area contributed by atoms with Crippen molar-refractivity contribution in [3.05, 3.63) is 27.1 Å². The smallest absolute Gasteiger partial charge is 0.308 e. The maximum Gasteiger partial charge on any atom is 0.308 e. The molecule has 0 radical (unpaired) electrons. The second-order valence-corrected chi connectivity index (χ2v) is 5.01. The zero-order valence-corrected chi connectivity index (χ0v) is 11.3. The molecule has 1 atom stereocenters. The number of carboxylic acid groups (broad SMARTS) is 1. The Morgan fingerprint density at radius 3 is 2.73 bits per heavy atom. The summed E-state index contributed by atoms with van der Waals surface area (Å²) in [6, 6.07) is 5.70. The van der Waals surface area contributed by atoms with Crippen molar-refractivity contribution in [2.45, 2.75) is 6.92 Å². The molecular weight excluding hydrogens is 326 g/mol. The monoisotopic (exact) mass is 335 g/mol. The number of carbonyl (C=O) groups is 1. The Kier molecular flexibility index (Phi) is 4.60. The molecule has 0 saturated carbocycles. The van der Waals surface area contributed by atoms with E-state index in [4.69, 9.17) is 5.11 Å². The lowest BCUT2D eigenvalue weighted by Gasteiger charge is -2.11. The number of hydrogen-bond donors (Lipinski definition) is 2. The third-order valence-electron chi connectivity index (χ3n) is 1.95. The van der Waals surface area contributed by atoms with Gasteiger partial charge in [0.2, 0.25) is 0 Å². The molecule has 0 spiro atoms. The zero-order valence-electron chi connectivity index (χ0n) is 8.13. The summed E-state index contributed by atoms with van der Waals surface area (Å²) in [4.78, 5) is 10.6. The van der Waals surface area contributed by atoms with E-state index in [0.717, 1.165) is 14.6 Å². The van der Waals surface area contributed by atoms with E-state index >= 15 is 0 Å². The molecule has 0 amide bonds. The van der Waals surface area contributed by atoms with Gasteiger partial charge >= 0.3 is 5.97 Å². The van der Waals surface area contributed by atoms with Crippen molar-refractivity contribution >= 4 is 43.5 Å². The Balaban J connectivity index is 2.62. The minimum absolute atomic E-state index is 0.402. The molecule has 15 heavy (non-hydrogen) atoms. The van der Waals surface area contributed by atoms with Crippen LogP contribution in [0.5, 0.6) is 0 Å². The summed E-state index contributed by atoms with van der Waals surface area (Å²) in [5.41, 5.74) is 0.895. The summed E-state index contributed by atoms with van der Waals surface area (Å²) in [6.07, 6.45) is 0. The van der Waals surface area contributed by atoms with E-state index in [1.165, 1.54) is 0 Å². The first kappa shape index (κ1) is 12.5. The van der Waals surface area contributed by atoms with Crippen LogP contribution in [0.15, 0.2) is 27.1 Å². The first-order valence-corrected chi connectivity index (χ1v) is 6.01. The molecule has 5 heteroatoms. The van der Waals surface area contributed by atoms with Gasteiger partial charge in [-0.2, -0.15) is 0 Å². The van der Waals surface area contributed by atoms with Gasteiger partial charge in [0.05, 0.1) is 5.92 Å². The molecule has 0 bridgehead atoms. The molecule has 0 saturated heterocycles.